The molecule has 0 saturated carbocycles. The number of fused-ring (bicyclic) bond motifs is 16. The average molecular weight is 755 g/mol. The molecule has 3 aromatic heterocycles. The smallest absolute Gasteiger partial charge is 0.147 e. The predicted molar refractivity (Wildman–Crippen MR) is 243 cm³/mol. The van der Waals surface area contributed by atoms with E-state index < -0.39 is 0 Å². The molecule has 59 heavy (non-hydrogen) atoms. The molecule has 0 radical (unpaired) electrons. The highest BCUT2D eigenvalue weighted by molar-refractivity contribution is 6.24. The van der Waals surface area contributed by atoms with Gasteiger partial charge in [0.15, 0.2) is 0 Å². The van der Waals surface area contributed by atoms with Gasteiger partial charge in [-0.15, -0.1) is 0 Å². The Kier molecular flexibility index (Phi) is 6.48. The first kappa shape index (κ1) is 32.5. The molecule has 13 rings (SSSR count). The van der Waals surface area contributed by atoms with Crippen LogP contribution in [-0.2, 0) is 5.41 Å². The highest BCUT2D eigenvalue weighted by Crippen LogP contribution is 2.50. The maximum absolute atomic E-state index is 6.99. The van der Waals surface area contributed by atoms with E-state index in [0.717, 1.165) is 99.2 Å². The first-order valence-electron chi connectivity index (χ1n) is 20.2. The van der Waals surface area contributed by atoms with Gasteiger partial charge in [-0.2, -0.15) is 0 Å². The molecule has 4 heteroatoms. The van der Waals surface area contributed by atoms with Crippen LogP contribution < -0.4 is 0 Å². The molecule has 4 nitrogen and oxygen atoms in total. The Balaban J connectivity index is 1.07. The summed E-state index contributed by atoms with van der Waals surface area (Å²) >= 11 is 0. The second kappa shape index (κ2) is 11.7. The van der Waals surface area contributed by atoms with Crippen LogP contribution in [0.2, 0.25) is 0 Å². The van der Waals surface area contributed by atoms with Gasteiger partial charge in [-0.3, -0.25) is 4.98 Å². The standard InChI is InChI=1S/C55H34N2O2/c1-55(2)45-20-9-7-14-38(45)39-23-22-31(29-46(39)55)32-26-33(35-18-11-19-42-43-24-25-49-50(54(43)59-53(35)42)44-17-8-10-21-48(44)58-49)28-34(27-32)47-30-56-51-40-15-5-3-12-36(40)37-13-4-6-16-41(37)52(51)57-47/h3-30H,1-2H3. The van der Waals surface area contributed by atoms with Crippen LogP contribution in [0.5, 0.6) is 0 Å². The molecule has 0 fully saturated rings. The number of hydrogen-bond acceptors (Lipinski definition) is 4. The lowest BCUT2D eigenvalue weighted by Gasteiger charge is -2.22. The first-order valence-corrected chi connectivity index (χ1v) is 20.2. The van der Waals surface area contributed by atoms with Gasteiger partial charge in [0.25, 0.3) is 0 Å². The summed E-state index contributed by atoms with van der Waals surface area (Å²) in [4.78, 5) is 10.6. The third-order valence-corrected chi connectivity index (χ3v) is 12.9. The molecule has 9 aromatic carbocycles. The zero-order valence-corrected chi connectivity index (χ0v) is 32.4. The number of furan rings is 2. The molecular formula is C55H34N2O2. The van der Waals surface area contributed by atoms with Crippen molar-refractivity contribution in [1.82, 2.24) is 9.97 Å². The normalized spacial score (nSPS) is 13.4. The van der Waals surface area contributed by atoms with Gasteiger partial charge in [-0.1, -0.05) is 135 Å². The van der Waals surface area contributed by atoms with Gasteiger partial charge in [0.05, 0.1) is 28.3 Å². The molecule has 12 aromatic rings. The molecule has 0 spiro atoms. The lowest BCUT2D eigenvalue weighted by molar-refractivity contribution is 0.660. The van der Waals surface area contributed by atoms with E-state index in [1.54, 1.807) is 0 Å². The lowest BCUT2D eigenvalue weighted by atomic mass is 9.81. The maximum atomic E-state index is 6.99. The Bertz CT molecular complexity index is 3740. The van der Waals surface area contributed by atoms with E-state index in [4.69, 9.17) is 18.8 Å². The van der Waals surface area contributed by atoms with Crippen LogP contribution in [-0.4, -0.2) is 9.97 Å². The van der Waals surface area contributed by atoms with E-state index in [1.165, 1.54) is 33.0 Å². The zero-order valence-electron chi connectivity index (χ0n) is 32.4. The van der Waals surface area contributed by atoms with Gasteiger partial charge in [0.2, 0.25) is 0 Å². The summed E-state index contributed by atoms with van der Waals surface area (Å²) in [6, 6.07) is 58.5. The summed E-state index contributed by atoms with van der Waals surface area (Å²) in [6.45, 7) is 4.68. The minimum atomic E-state index is -0.126. The average Bonchev–Trinajstić information content (AvgIpc) is 3.93. The summed E-state index contributed by atoms with van der Waals surface area (Å²) in [5, 5.41) is 8.75. The van der Waals surface area contributed by atoms with Gasteiger partial charge in [0, 0.05) is 43.5 Å². The van der Waals surface area contributed by atoms with Crippen LogP contribution >= 0.6 is 0 Å². The fourth-order valence-electron chi connectivity index (χ4n) is 10.0. The number of hydrogen-bond donors (Lipinski definition) is 0. The Morgan fingerprint density at radius 2 is 1.05 bits per heavy atom. The van der Waals surface area contributed by atoms with Crippen LogP contribution in [0, 0.1) is 0 Å². The van der Waals surface area contributed by atoms with Gasteiger partial charge >= 0.3 is 0 Å². The third kappa shape index (κ3) is 4.54. The molecule has 3 heterocycles. The lowest BCUT2D eigenvalue weighted by Crippen LogP contribution is -2.14. The summed E-state index contributed by atoms with van der Waals surface area (Å²) in [5.74, 6) is 0. The van der Waals surface area contributed by atoms with E-state index in [1.807, 2.05) is 18.3 Å². The maximum Gasteiger partial charge on any atom is 0.147 e. The quantitative estimate of drug-likeness (QED) is 0.169. The van der Waals surface area contributed by atoms with Crippen molar-refractivity contribution in [2.24, 2.45) is 0 Å². The van der Waals surface area contributed by atoms with Crippen molar-refractivity contribution in [3.8, 4) is 44.6 Å². The monoisotopic (exact) mass is 754 g/mol. The summed E-state index contributed by atoms with van der Waals surface area (Å²) in [6.07, 6.45) is 1.94. The molecule has 276 valence electrons. The largest absolute Gasteiger partial charge is 0.456 e. The van der Waals surface area contributed by atoms with Crippen molar-refractivity contribution >= 4 is 76.5 Å². The van der Waals surface area contributed by atoms with Crippen molar-refractivity contribution in [2.45, 2.75) is 19.3 Å². The van der Waals surface area contributed by atoms with Crippen LogP contribution in [0.15, 0.2) is 179 Å². The van der Waals surface area contributed by atoms with Crippen LogP contribution in [0.3, 0.4) is 0 Å². The highest BCUT2D eigenvalue weighted by Gasteiger charge is 2.35. The molecule has 0 N–H and O–H groups in total. The van der Waals surface area contributed by atoms with Crippen molar-refractivity contribution in [3.05, 3.63) is 181 Å². The fourth-order valence-corrected chi connectivity index (χ4v) is 10.0. The Morgan fingerprint density at radius 3 is 1.90 bits per heavy atom. The Labute approximate surface area is 339 Å². The molecule has 0 atom stereocenters. The SMILES string of the molecule is CC1(C)c2ccccc2-c2ccc(-c3cc(-c4cnc5c6ccccc6c6ccccc6c5n4)cc(-c4cccc5c4oc4c5ccc5oc6ccccc6c54)c3)cc21. The topological polar surface area (TPSA) is 52.1 Å². The second-order valence-corrected chi connectivity index (χ2v) is 16.5. The number of rotatable bonds is 3. The molecule has 0 amide bonds. The number of nitrogens with zero attached hydrogens (tertiary/aromatic N) is 2. The zero-order chi connectivity index (χ0) is 39.0. The Morgan fingerprint density at radius 1 is 0.407 bits per heavy atom. The fraction of sp³-hybridized carbons (Fsp3) is 0.0545. The summed E-state index contributed by atoms with van der Waals surface area (Å²) in [5.41, 5.74) is 16.5. The van der Waals surface area contributed by atoms with Crippen LogP contribution in [0.1, 0.15) is 25.0 Å². The van der Waals surface area contributed by atoms with E-state index in [-0.39, 0.29) is 5.41 Å². The highest BCUT2D eigenvalue weighted by atomic mass is 16.3. The van der Waals surface area contributed by atoms with Crippen molar-refractivity contribution in [3.63, 3.8) is 0 Å². The number of benzene rings is 9. The molecule has 0 bridgehead atoms. The van der Waals surface area contributed by atoms with E-state index in [2.05, 4.69) is 166 Å². The molecule has 0 saturated heterocycles. The Hall–Kier alpha value is -7.56. The minimum absolute atomic E-state index is 0.126. The van der Waals surface area contributed by atoms with Gasteiger partial charge in [0.1, 0.15) is 22.3 Å². The van der Waals surface area contributed by atoms with Crippen molar-refractivity contribution in [1.29, 1.82) is 0 Å². The molecule has 0 aliphatic heterocycles. The van der Waals surface area contributed by atoms with Crippen LogP contribution in [0.4, 0.5) is 0 Å². The van der Waals surface area contributed by atoms with E-state index in [9.17, 15) is 0 Å². The minimum Gasteiger partial charge on any atom is -0.456 e. The number of aromatic nitrogens is 2. The van der Waals surface area contributed by atoms with Crippen molar-refractivity contribution < 1.29 is 8.83 Å². The van der Waals surface area contributed by atoms with Crippen LogP contribution in [0.25, 0.3) is 121 Å². The third-order valence-electron chi connectivity index (χ3n) is 12.9. The van der Waals surface area contributed by atoms with Gasteiger partial charge < -0.3 is 8.83 Å². The van der Waals surface area contributed by atoms with E-state index >= 15 is 0 Å². The summed E-state index contributed by atoms with van der Waals surface area (Å²) in [7, 11) is 0. The van der Waals surface area contributed by atoms with Gasteiger partial charge in [-0.05, 0) is 92.2 Å². The molecule has 1 aliphatic rings. The van der Waals surface area contributed by atoms with Crippen molar-refractivity contribution in [2.75, 3.05) is 0 Å². The predicted octanol–water partition coefficient (Wildman–Crippen LogP) is 15.0. The van der Waals surface area contributed by atoms with Gasteiger partial charge in [-0.25, -0.2) is 4.98 Å². The second-order valence-electron chi connectivity index (χ2n) is 16.5. The molecular weight excluding hydrogens is 721 g/mol. The summed E-state index contributed by atoms with van der Waals surface area (Å²) < 4.78 is 13.3. The molecule has 0 unspecified atom stereocenters. The van der Waals surface area contributed by atoms with E-state index in [0.29, 0.717) is 0 Å². The molecule has 1 aliphatic carbocycles. The first-order chi connectivity index (χ1) is 29.0. The number of para-hydroxylation sites is 2.